The molecule has 44 heavy (non-hydrogen) atoms. The molecule has 2 aromatic heterocycles. The van der Waals surface area contributed by atoms with Crippen LogP contribution in [0.5, 0.6) is 6.01 Å². The van der Waals surface area contributed by atoms with E-state index in [1.807, 2.05) is 44.7 Å². The lowest BCUT2D eigenvalue weighted by Gasteiger charge is -2.42. The highest BCUT2D eigenvalue weighted by Crippen LogP contribution is 2.41. The highest BCUT2D eigenvalue weighted by molar-refractivity contribution is 6.34. The van der Waals surface area contributed by atoms with Gasteiger partial charge in [0.05, 0.1) is 28.0 Å². The molecule has 4 saturated heterocycles. The van der Waals surface area contributed by atoms with Crippen LogP contribution >= 0.6 is 11.6 Å². The Morgan fingerprint density at radius 2 is 1.82 bits per heavy atom. The first kappa shape index (κ1) is 29.5. The third-order valence-corrected chi connectivity index (χ3v) is 10.3. The van der Waals surface area contributed by atoms with Crippen LogP contribution < -0.4 is 9.64 Å². The topological polar surface area (TPSA) is 83.9 Å². The molecule has 2 atom stereocenters. The fraction of sp³-hybridized carbons (Fsp3) is 0.576. The van der Waals surface area contributed by atoms with Gasteiger partial charge in [-0.15, -0.1) is 0 Å². The van der Waals surface area contributed by atoms with E-state index in [0.717, 1.165) is 57.2 Å². The first-order valence-electron chi connectivity index (χ1n) is 15.8. The molecule has 11 heteroatoms. The number of piperazine rings is 1. The number of pyridine rings is 1. The van der Waals surface area contributed by atoms with Gasteiger partial charge in [-0.05, 0) is 84.9 Å². The summed E-state index contributed by atoms with van der Waals surface area (Å²) in [7, 11) is 0. The molecule has 1 unspecified atom stereocenters. The number of nitrogens with zero attached hydrogens (tertiary/aromatic N) is 6. The van der Waals surface area contributed by atoms with Crippen LogP contribution in [0.3, 0.4) is 0 Å². The predicted molar refractivity (Wildman–Crippen MR) is 168 cm³/mol. The second kappa shape index (κ2) is 11.0. The molecule has 6 heterocycles. The van der Waals surface area contributed by atoms with Crippen LogP contribution in [0.1, 0.15) is 64.9 Å². The molecule has 2 bridgehead atoms. The van der Waals surface area contributed by atoms with Gasteiger partial charge < -0.3 is 14.4 Å². The van der Waals surface area contributed by atoms with Crippen molar-refractivity contribution in [1.82, 2.24) is 24.8 Å². The number of hydrogen-bond donors (Lipinski definition) is 0. The smallest absolute Gasteiger partial charge is 0.410 e. The normalized spacial score (nSPS) is 23.0. The van der Waals surface area contributed by atoms with Gasteiger partial charge in [0.1, 0.15) is 29.2 Å². The summed E-state index contributed by atoms with van der Waals surface area (Å²) in [5.74, 6) is 0.0200. The number of halogens is 2. The Morgan fingerprint density at radius 3 is 2.50 bits per heavy atom. The van der Waals surface area contributed by atoms with E-state index in [1.165, 1.54) is 0 Å². The highest BCUT2D eigenvalue weighted by Gasteiger charge is 2.46. The summed E-state index contributed by atoms with van der Waals surface area (Å²) in [5.41, 5.74) is 1.08. The SMILES string of the molecule is Cc1cccc(-c2ncc3c(N4CC5CC[C@@H](C4)N5C(=O)OC(C)(C)C)nc(OCC45CCCN4CCC5)nc3c2F)c1Cl. The van der Waals surface area contributed by atoms with Gasteiger partial charge in [0.15, 0.2) is 5.82 Å². The van der Waals surface area contributed by atoms with Crippen molar-refractivity contribution in [3.63, 3.8) is 0 Å². The lowest BCUT2D eigenvalue weighted by molar-refractivity contribution is 0.0122. The number of hydrogen-bond acceptors (Lipinski definition) is 8. The second-order valence-electron chi connectivity index (χ2n) is 13.8. The summed E-state index contributed by atoms with van der Waals surface area (Å²) >= 11 is 6.61. The summed E-state index contributed by atoms with van der Waals surface area (Å²) in [5, 5.41) is 0.967. The Morgan fingerprint density at radius 1 is 1.11 bits per heavy atom. The maximum absolute atomic E-state index is 16.5. The summed E-state index contributed by atoms with van der Waals surface area (Å²) in [6.07, 6.45) is 7.56. The van der Waals surface area contributed by atoms with Crippen molar-refractivity contribution in [2.75, 3.05) is 37.7 Å². The Kier molecular flexibility index (Phi) is 7.35. The zero-order valence-corrected chi connectivity index (χ0v) is 26.7. The van der Waals surface area contributed by atoms with Crippen molar-refractivity contribution in [3.05, 3.63) is 40.8 Å². The largest absolute Gasteiger partial charge is 0.461 e. The molecule has 0 N–H and O–H groups in total. The van der Waals surface area contributed by atoms with Crippen molar-refractivity contribution in [2.24, 2.45) is 0 Å². The molecule has 4 fully saturated rings. The van der Waals surface area contributed by atoms with Crippen LogP contribution in [0.15, 0.2) is 24.4 Å². The van der Waals surface area contributed by atoms with E-state index in [-0.39, 0.29) is 40.9 Å². The number of carbonyl (C=O) groups excluding carboxylic acids is 1. The van der Waals surface area contributed by atoms with Gasteiger partial charge >= 0.3 is 12.1 Å². The van der Waals surface area contributed by atoms with Gasteiger partial charge in [0.25, 0.3) is 0 Å². The van der Waals surface area contributed by atoms with Gasteiger partial charge in [-0.3, -0.25) is 14.8 Å². The van der Waals surface area contributed by atoms with E-state index in [9.17, 15) is 4.79 Å². The lowest BCUT2D eigenvalue weighted by Crippen LogP contribution is -2.57. The van der Waals surface area contributed by atoms with Crippen molar-refractivity contribution in [2.45, 2.75) is 89.4 Å². The quantitative estimate of drug-likeness (QED) is 0.324. The van der Waals surface area contributed by atoms with Crippen LogP contribution in [0, 0.1) is 12.7 Å². The second-order valence-corrected chi connectivity index (χ2v) is 14.2. The fourth-order valence-electron chi connectivity index (χ4n) is 7.69. The molecule has 1 aromatic carbocycles. The number of benzene rings is 1. The molecular weight excluding hydrogens is 583 g/mol. The highest BCUT2D eigenvalue weighted by atomic mass is 35.5. The summed E-state index contributed by atoms with van der Waals surface area (Å²) < 4.78 is 28.6. The Balaban J connectivity index is 1.27. The van der Waals surface area contributed by atoms with Crippen molar-refractivity contribution in [1.29, 1.82) is 0 Å². The third-order valence-electron chi connectivity index (χ3n) is 9.76. The Hall–Kier alpha value is -3.24. The van der Waals surface area contributed by atoms with E-state index in [0.29, 0.717) is 41.5 Å². The molecule has 3 aromatic rings. The zero-order valence-electron chi connectivity index (χ0n) is 25.9. The summed E-state index contributed by atoms with van der Waals surface area (Å²) in [6.45, 7) is 11.3. The Bertz CT molecular complexity index is 1590. The van der Waals surface area contributed by atoms with Gasteiger partial charge in [-0.25, -0.2) is 9.18 Å². The molecule has 4 aliphatic rings. The average Bonchev–Trinajstić information content (AvgIpc) is 3.63. The molecule has 234 valence electrons. The number of fused-ring (bicyclic) bond motifs is 4. The molecular formula is C33H40ClFN6O3. The van der Waals surface area contributed by atoms with Gasteiger partial charge in [0, 0.05) is 24.8 Å². The van der Waals surface area contributed by atoms with Crippen molar-refractivity contribution < 1.29 is 18.7 Å². The third kappa shape index (κ3) is 5.13. The minimum absolute atomic E-state index is 0.00628. The Labute approximate surface area is 262 Å². The molecule has 1 amide bonds. The van der Waals surface area contributed by atoms with Gasteiger partial charge in [-0.1, -0.05) is 29.8 Å². The van der Waals surface area contributed by atoms with E-state index in [2.05, 4.69) is 19.8 Å². The maximum Gasteiger partial charge on any atom is 0.410 e. The lowest BCUT2D eigenvalue weighted by atomic mass is 9.95. The zero-order chi connectivity index (χ0) is 30.8. The van der Waals surface area contributed by atoms with Crippen molar-refractivity contribution >= 4 is 34.4 Å². The summed E-state index contributed by atoms with van der Waals surface area (Å²) in [6, 6.07) is 5.59. The van der Waals surface area contributed by atoms with E-state index < -0.39 is 11.4 Å². The average molecular weight is 623 g/mol. The number of anilines is 1. The molecule has 0 saturated carbocycles. The first-order chi connectivity index (χ1) is 21.0. The van der Waals surface area contributed by atoms with Crippen LogP contribution in [0.25, 0.3) is 22.2 Å². The molecule has 7 rings (SSSR count). The monoisotopic (exact) mass is 622 g/mol. The molecule has 0 aliphatic carbocycles. The van der Waals surface area contributed by atoms with Crippen LogP contribution in [0.4, 0.5) is 15.0 Å². The maximum atomic E-state index is 16.5. The van der Waals surface area contributed by atoms with Crippen LogP contribution in [-0.4, -0.2) is 86.9 Å². The van der Waals surface area contributed by atoms with E-state index in [1.54, 1.807) is 12.3 Å². The first-order valence-corrected chi connectivity index (χ1v) is 16.2. The molecule has 0 spiro atoms. The minimum Gasteiger partial charge on any atom is -0.461 e. The number of aryl methyl sites for hydroxylation is 1. The number of ether oxygens (including phenoxy) is 2. The number of aromatic nitrogens is 3. The molecule has 9 nitrogen and oxygen atoms in total. The van der Waals surface area contributed by atoms with Crippen LogP contribution in [0.2, 0.25) is 5.02 Å². The number of carbonyl (C=O) groups is 1. The summed E-state index contributed by atoms with van der Waals surface area (Å²) in [4.78, 5) is 33.8. The fourth-order valence-corrected chi connectivity index (χ4v) is 7.91. The van der Waals surface area contributed by atoms with Crippen LogP contribution in [-0.2, 0) is 4.74 Å². The van der Waals surface area contributed by atoms with Gasteiger partial charge in [-0.2, -0.15) is 9.97 Å². The molecule has 0 radical (unpaired) electrons. The standard InChI is InChI=1S/C33H40ClFN6O3/c1-20-8-5-9-23(25(20)34)27-26(35)28-24(16-36-27)29(38-30(37-28)43-19-33-12-6-14-40(33)15-7-13-33)39-17-21-10-11-22(18-39)41(21)31(42)44-32(2,3)4/h5,8-9,16,21-22H,6-7,10-15,17-19H2,1-4H3/t21-,22?/m0/s1. The van der Waals surface area contributed by atoms with E-state index >= 15 is 4.39 Å². The predicted octanol–water partition coefficient (Wildman–Crippen LogP) is 6.39. The number of rotatable bonds is 5. The minimum atomic E-state index is -0.572. The van der Waals surface area contributed by atoms with Crippen molar-refractivity contribution in [3.8, 4) is 17.3 Å². The van der Waals surface area contributed by atoms with Gasteiger partial charge in [0.2, 0.25) is 0 Å². The number of amides is 1. The van der Waals surface area contributed by atoms with E-state index in [4.69, 9.17) is 26.1 Å². The molecule has 4 aliphatic heterocycles.